The van der Waals surface area contributed by atoms with E-state index in [1.807, 2.05) is 6.92 Å². The summed E-state index contributed by atoms with van der Waals surface area (Å²) >= 11 is 0. The highest BCUT2D eigenvalue weighted by atomic mass is 16.4. The highest BCUT2D eigenvalue weighted by Gasteiger charge is 1.99. The second-order valence-electron chi connectivity index (χ2n) is 2.15. The van der Waals surface area contributed by atoms with Crippen LogP contribution in [0.2, 0.25) is 0 Å². The molecule has 1 atom stereocenters. The molecule has 0 aromatic heterocycles. The van der Waals surface area contributed by atoms with Crippen molar-refractivity contribution in [2.45, 2.75) is 19.8 Å². The fraction of sp³-hybridized carbons (Fsp3) is 0.571. The maximum absolute atomic E-state index is 9.99. The molecule has 0 rings (SSSR count). The molecule has 0 spiro atoms. The van der Waals surface area contributed by atoms with Crippen molar-refractivity contribution in [1.82, 2.24) is 0 Å². The first-order chi connectivity index (χ1) is 4.16. The third-order valence-electron chi connectivity index (χ3n) is 1.22. The summed E-state index contributed by atoms with van der Waals surface area (Å²) in [6, 6.07) is 0. The molecule has 9 heavy (non-hydrogen) atoms. The Labute approximate surface area is 55.2 Å². The van der Waals surface area contributed by atoms with Gasteiger partial charge in [-0.2, -0.15) is 0 Å². The number of hydrogen-bond acceptors (Lipinski definition) is 1. The fourth-order valence-electron chi connectivity index (χ4n) is 0.469. The van der Waals surface area contributed by atoms with E-state index >= 15 is 0 Å². The van der Waals surface area contributed by atoms with Gasteiger partial charge in [0.2, 0.25) is 0 Å². The molecule has 0 unspecified atom stereocenters. The molecule has 0 radical (unpaired) electrons. The Hall–Kier alpha value is -0.790. The minimum absolute atomic E-state index is 0.243. The maximum atomic E-state index is 9.99. The van der Waals surface area contributed by atoms with E-state index in [4.69, 9.17) is 5.11 Å². The topological polar surface area (TPSA) is 37.3 Å². The lowest BCUT2D eigenvalue weighted by Gasteiger charge is -1.99. The summed E-state index contributed by atoms with van der Waals surface area (Å²) in [7, 11) is 0. The Balaban J connectivity index is 3.26. The van der Waals surface area contributed by atoms with Gasteiger partial charge in [-0.3, -0.25) is 4.79 Å². The van der Waals surface area contributed by atoms with E-state index in [2.05, 4.69) is 6.58 Å². The minimum atomic E-state index is -0.733. The van der Waals surface area contributed by atoms with Crippen molar-refractivity contribution in [2.75, 3.05) is 0 Å². The molecule has 0 bridgehead atoms. The third-order valence-corrected chi connectivity index (χ3v) is 1.22. The smallest absolute Gasteiger partial charge is 0.303 e. The number of carbonyl (C=O) groups is 1. The zero-order valence-corrected chi connectivity index (χ0v) is 5.63. The average molecular weight is 128 g/mol. The first-order valence-corrected chi connectivity index (χ1v) is 3.01. The monoisotopic (exact) mass is 128 g/mol. The van der Waals surface area contributed by atoms with Crippen molar-refractivity contribution in [3.8, 4) is 0 Å². The summed E-state index contributed by atoms with van der Waals surface area (Å²) in [6.45, 7) is 5.50. The Bertz CT molecular complexity index is 107. The van der Waals surface area contributed by atoms with Crippen LogP contribution >= 0.6 is 0 Å². The number of aliphatic carboxylic acids is 1. The van der Waals surface area contributed by atoms with Gasteiger partial charge in [-0.05, 0) is 12.3 Å². The second kappa shape index (κ2) is 4.13. The summed E-state index contributed by atoms with van der Waals surface area (Å²) in [4.78, 5) is 9.99. The minimum Gasteiger partial charge on any atom is -0.481 e. The van der Waals surface area contributed by atoms with Crippen molar-refractivity contribution in [3.63, 3.8) is 0 Å². The van der Waals surface area contributed by atoms with Gasteiger partial charge in [0.05, 0.1) is 0 Å². The van der Waals surface area contributed by atoms with Crippen LogP contribution in [0.25, 0.3) is 0 Å². The number of carboxylic acid groups (broad SMARTS) is 1. The lowest BCUT2D eigenvalue weighted by Crippen LogP contribution is -1.97. The van der Waals surface area contributed by atoms with Crippen LogP contribution in [0, 0.1) is 5.92 Å². The molecule has 0 aliphatic carbocycles. The van der Waals surface area contributed by atoms with Crippen LogP contribution in [0.15, 0.2) is 12.7 Å². The Kier molecular flexibility index (Phi) is 3.76. The van der Waals surface area contributed by atoms with Gasteiger partial charge in [0, 0.05) is 6.42 Å². The number of hydrogen-bond donors (Lipinski definition) is 1. The lowest BCUT2D eigenvalue weighted by molar-refractivity contribution is -0.137. The zero-order chi connectivity index (χ0) is 7.28. The quantitative estimate of drug-likeness (QED) is 0.585. The Morgan fingerprint density at radius 2 is 2.44 bits per heavy atom. The van der Waals surface area contributed by atoms with Gasteiger partial charge in [-0.25, -0.2) is 0 Å². The Morgan fingerprint density at radius 3 is 2.78 bits per heavy atom. The molecule has 0 aliphatic heterocycles. The van der Waals surface area contributed by atoms with Crippen LogP contribution in [0.4, 0.5) is 0 Å². The fourth-order valence-corrected chi connectivity index (χ4v) is 0.469. The lowest BCUT2D eigenvalue weighted by atomic mass is 10.1. The van der Waals surface area contributed by atoms with Crippen LogP contribution in [-0.4, -0.2) is 11.1 Å². The molecular formula is C7H12O2. The van der Waals surface area contributed by atoms with Crippen LogP contribution in [-0.2, 0) is 4.79 Å². The van der Waals surface area contributed by atoms with E-state index < -0.39 is 5.97 Å². The molecule has 2 nitrogen and oxygen atoms in total. The zero-order valence-electron chi connectivity index (χ0n) is 5.63. The van der Waals surface area contributed by atoms with E-state index in [-0.39, 0.29) is 6.42 Å². The first kappa shape index (κ1) is 8.21. The van der Waals surface area contributed by atoms with Crippen molar-refractivity contribution < 1.29 is 9.90 Å². The van der Waals surface area contributed by atoms with Crippen LogP contribution < -0.4 is 0 Å². The van der Waals surface area contributed by atoms with Gasteiger partial charge < -0.3 is 5.11 Å². The average Bonchev–Trinajstić information content (AvgIpc) is 1.83. The molecule has 0 fully saturated rings. The van der Waals surface area contributed by atoms with Crippen LogP contribution in [0.3, 0.4) is 0 Å². The summed E-state index contributed by atoms with van der Waals surface area (Å²) in [5.74, 6) is -0.412. The molecule has 52 valence electrons. The highest BCUT2D eigenvalue weighted by molar-refractivity contribution is 5.66. The van der Waals surface area contributed by atoms with E-state index in [1.165, 1.54) is 0 Å². The van der Waals surface area contributed by atoms with Crippen LogP contribution in [0.5, 0.6) is 0 Å². The predicted octanol–water partition coefficient (Wildman–Crippen LogP) is 1.67. The van der Waals surface area contributed by atoms with E-state index in [1.54, 1.807) is 6.08 Å². The van der Waals surface area contributed by atoms with E-state index in [0.29, 0.717) is 12.3 Å². The van der Waals surface area contributed by atoms with Gasteiger partial charge in [0.15, 0.2) is 0 Å². The molecule has 0 heterocycles. The first-order valence-electron chi connectivity index (χ1n) is 3.01. The Morgan fingerprint density at radius 1 is 1.89 bits per heavy atom. The molecular weight excluding hydrogens is 116 g/mol. The largest absolute Gasteiger partial charge is 0.481 e. The molecule has 0 aromatic rings. The van der Waals surface area contributed by atoms with Crippen molar-refractivity contribution >= 4 is 5.97 Å². The maximum Gasteiger partial charge on any atom is 0.303 e. The van der Waals surface area contributed by atoms with Crippen molar-refractivity contribution in [3.05, 3.63) is 12.7 Å². The molecule has 0 saturated heterocycles. The SMILES string of the molecule is C=C[C@H](C)CCC(=O)O. The van der Waals surface area contributed by atoms with Crippen molar-refractivity contribution in [1.29, 1.82) is 0 Å². The number of allylic oxidation sites excluding steroid dienone is 1. The normalized spacial score (nSPS) is 12.6. The number of carboxylic acids is 1. The van der Waals surface area contributed by atoms with E-state index in [0.717, 1.165) is 0 Å². The summed E-state index contributed by atoms with van der Waals surface area (Å²) in [5, 5.41) is 8.22. The molecule has 1 N–H and O–H groups in total. The molecule has 0 saturated carbocycles. The van der Waals surface area contributed by atoms with E-state index in [9.17, 15) is 4.79 Å². The highest BCUT2D eigenvalue weighted by Crippen LogP contribution is 2.04. The van der Waals surface area contributed by atoms with Crippen molar-refractivity contribution in [2.24, 2.45) is 5.92 Å². The third kappa shape index (κ3) is 5.07. The predicted molar refractivity (Wildman–Crippen MR) is 36.2 cm³/mol. The summed E-state index contributed by atoms with van der Waals surface area (Å²) < 4.78 is 0. The second-order valence-corrected chi connectivity index (χ2v) is 2.15. The summed E-state index contributed by atoms with van der Waals surface area (Å²) in [6.07, 6.45) is 2.70. The summed E-state index contributed by atoms with van der Waals surface area (Å²) in [5.41, 5.74) is 0. The number of rotatable bonds is 4. The molecule has 2 heteroatoms. The van der Waals surface area contributed by atoms with Gasteiger partial charge in [0.1, 0.15) is 0 Å². The molecule has 0 aliphatic rings. The van der Waals surface area contributed by atoms with Gasteiger partial charge in [-0.1, -0.05) is 13.0 Å². The van der Waals surface area contributed by atoms with Gasteiger partial charge in [-0.15, -0.1) is 6.58 Å². The van der Waals surface area contributed by atoms with Crippen LogP contribution in [0.1, 0.15) is 19.8 Å². The standard InChI is InChI=1S/C7H12O2/c1-3-6(2)4-5-7(8)9/h3,6H,1,4-5H2,2H3,(H,8,9)/t6-/m0/s1. The van der Waals surface area contributed by atoms with Gasteiger partial charge in [0.25, 0.3) is 0 Å². The molecule has 0 amide bonds. The molecule has 0 aromatic carbocycles. The van der Waals surface area contributed by atoms with Gasteiger partial charge >= 0.3 is 5.97 Å².